The number of nitrogens with one attached hydrogen (secondary N) is 1. The summed E-state index contributed by atoms with van der Waals surface area (Å²) in [6.45, 7) is 2.97. The molecule has 0 radical (unpaired) electrons. The van der Waals surface area contributed by atoms with Crippen molar-refractivity contribution in [3.8, 4) is 0 Å². The van der Waals surface area contributed by atoms with Crippen LogP contribution >= 0.6 is 11.6 Å². The van der Waals surface area contributed by atoms with Gasteiger partial charge in [0.05, 0.1) is 11.8 Å². The largest absolute Gasteiger partial charge is 0.387 e. The van der Waals surface area contributed by atoms with Crippen LogP contribution in [0.2, 0.25) is 5.15 Å². The lowest BCUT2D eigenvalue weighted by atomic mass is 10.1. The van der Waals surface area contributed by atoms with Crippen LogP contribution in [0.15, 0.2) is 0 Å². The van der Waals surface area contributed by atoms with E-state index in [1.165, 1.54) is 0 Å². The average Bonchev–Trinajstić information content (AvgIpc) is 2.86. The fourth-order valence-corrected chi connectivity index (χ4v) is 3.09. The summed E-state index contributed by atoms with van der Waals surface area (Å²) in [5.41, 5.74) is 0.829. The molecule has 16 heavy (non-hydrogen) atoms. The maximum Gasteiger partial charge on any atom is 0.153 e. The van der Waals surface area contributed by atoms with Gasteiger partial charge in [0.1, 0.15) is 5.82 Å². The molecule has 2 atom stereocenters. The van der Waals surface area contributed by atoms with Crippen molar-refractivity contribution < 1.29 is 5.11 Å². The lowest BCUT2D eigenvalue weighted by molar-refractivity contribution is 0.138. The molecule has 0 aromatic carbocycles. The topological polar surface area (TPSA) is 50.1 Å². The summed E-state index contributed by atoms with van der Waals surface area (Å²) in [4.78, 5) is 4.45. The smallest absolute Gasteiger partial charge is 0.153 e. The summed E-state index contributed by atoms with van der Waals surface area (Å²) >= 11 is 6.12. The van der Waals surface area contributed by atoms with Gasteiger partial charge in [-0.15, -0.1) is 0 Å². The molecule has 0 bridgehead atoms. The molecular formula is C11H16ClN3O. The van der Waals surface area contributed by atoms with Gasteiger partial charge in [-0.05, 0) is 25.8 Å². The highest BCUT2D eigenvalue weighted by Gasteiger charge is 2.30. The van der Waals surface area contributed by atoms with Gasteiger partial charge in [0, 0.05) is 19.0 Å². The van der Waals surface area contributed by atoms with Crippen molar-refractivity contribution in [2.75, 3.05) is 13.1 Å². The van der Waals surface area contributed by atoms with E-state index < -0.39 is 6.10 Å². The summed E-state index contributed by atoms with van der Waals surface area (Å²) < 4.78 is 2.13. The molecule has 88 valence electrons. The van der Waals surface area contributed by atoms with Crippen molar-refractivity contribution in [3.63, 3.8) is 0 Å². The first-order valence-corrected chi connectivity index (χ1v) is 6.30. The van der Waals surface area contributed by atoms with E-state index in [0.29, 0.717) is 11.1 Å². The van der Waals surface area contributed by atoms with Crippen molar-refractivity contribution in [1.82, 2.24) is 14.9 Å². The average molecular weight is 242 g/mol. The van der Waals surface area contributed by atoms with E-state index in [9.17, 15) is 5.11 Å². The van der Waals surface area contributed by atoms with E-state index in [0.717, 1.165) is 50.4 Å². The van der Waals surface area contributed by atoms with Gasteiger partial charge >= 0.3 is 0 Å². The highest BCUT2D eigenvalue weighted by atomic mass is 35.5. The molecule has 0 aliphatic carbocycles. The number of rotatable bonds is 1. The first kappa shape index (κ1) is 10.6. The second-order valence-corrected chi connectivity index (χ2v) is 5.00. The number of halogens is 1. The van der Waals surface area contributed by atoms with E-state index in [4.69, 9.17) is 11.6 Å². The van der Waals surface area contributed by atoms with Crippen molar-refractivity contribution in [1.29, 1.82) is 0 Å². The Labute approximate surface area is 99.6 Å². The molecule has 1 aromatic heterocycles. The van der Waals surface area contributed by atoms with Gasteiger partial charge in [0.15, 0.2) is 5.15 Å². The van der Waals surface area contributed by atoms with Crippen LogP contribution in [0.3, 0.4) is 0 Å². The number of imidazole rings is 1. The molecule has 2 N–H and O–H groups in total. The maximum absolute atomic E-state index is 9.94. The Bertz CT molecular complexity index is 398. The number of hydrogen-bond donors (Lipinski definition) is 2. The zero-order valence-corrected chi connectivity index (χ0v) is 9.87. The van der Waals surface area contributed by atoms with Gasteiger partial charge in [0.2, 0.25) is 0 Å². The van der Waals surface area contributed by atoms with Crippen molar-refractivity contribution in [3.05, 3.63) is 16.7 Å². The van der Waals surface area contributed by atoms with Gasteiger partial charge in [0.25, 0.3) is 0 Å². The minimum Gasteiger partial charge on any atom is -0.387 e. The van der Waals surface area contributed by atoms with Gasteiger partial charge in [-0.25, -0.2) is 4.98 Å². The van der Waals surface area contributed by atoms with Crippen LogP contribution in [0.25, 0.3) is 0 Å². The maximum atomic E-state index is 9.94. The molecule has 2 aliphatic rings. The van der Waals surface area contributed by atoms with E-state index in [2.05, 4.69) is 14.9 Å². The summed E-state index contributed by atoms with van der Waals surface area (Å²) in [7, 11) is 0. The van der Waals surface area contributed by atoms with Crippen molar-refractivity contribution in [2.24, 2.45) is 0 Å². The molecule has 4 nitrogen and oxygen atoms in total. The van der Waals surface area contributed by atoms with Crippen LogP contribution in [0.4, 0.5) is 0 Å². The number of hydrogen-bond acceptors (Lipinski definition) is 3. The molecule has 3 heterocycles. The number of aromatic nitrogens is 2. The van der Waals surface area contributed by atoms with E-state index >= 15 is 0 Å². The summed E-state index contributed by atoms with van der Waals surface area (Å²) in [6, 6.07) is 0. The Morgan fingerprint density at radius 2 is 2.31 bits per heavy atom. The van der Waals surface area contributed by atoms with Crippen LogP contribution in [0, 0.1) is 0 Å². The van der Waals surface area contributed by atoms with Crippen molar-refractivity contribution >= 4 is 11.6 Å². The second-order valence-electron chi connectivity index (χ2n) is 4.65. The highest BCUT2D eigenvalue weighted by Crippen LogP contribution is 2.35. The van der Waals surface area contributed by atoms with E-state index in [1.807, 2.05) is 0 Å². The van der Waals surface area contributed by atoms with Crippen LogP contribution < -0.4 is 5.32 Å². The standard InChI is InChI=1S/C11H16ClN3O/c12-10-9-8(16)2-1-5-15(9)11(14-10)7-3-4-13-6-7/h7-8,13,16H,1-6H2. The molecular weight excluding hydrogens is 226 g/mol. The zero-order valence-electron chi connectivity index (χ0n) is 9.12. The quantitative estimate of drug-likeness (QED) is 0.782. The van der Waals surface area contributed by atoms with Gasteiger partial charge in [-0.3, -0.25) is 0 Å². The Kier molecular flexibility index (Phi) is 2.65. The monoisotopic (exact) mass is 241 g/mol. The molecule has 2 unspecified atom stereocenters. The SMILES string of the molecule is OC1CCCn2c(C3CCNC3)nc(Cl)c21. The minimum absolute atomic E-state index is 0.433. The van der Waals surface area contributed by atoms with Crippen LogP contribution in [0.1, 0.15) is 42.8 Å². The highest BCUT2D eigenvalue weighted by molar-refractivity contribution is 6.30. The normalized spacial score (nSPS) is 29.4. The molecule has 2 aliphatic heterocycles. The third-order valence-corrected chi connectivity index (χ3v) is 3.87. The molecule has 3 rings (SSSR count). The van der Waals surface area contributed by atoms with Crippen LogP contribution in [-0.4, -0.2) is 27.7 Å². The summed E-state index contributed by atoms with van der Waals surface area (Å²) in [5, 5.41) is 13.8. The predicted molar refractivity (Wildman–Crippen MR) is 61.7 cm³/mol. The van der Waals surface area contributed by atoms with Gasteiger partial charge < -0.3 is 15.0 Å². The predicted octanol–water partition coefficient (Wildman–Crippen LogP) is 1.44. The van der Waals surface area contributed by atoms with Gasteiger partial charge in [-0.1, -0.05) is 11.6 Å². The van der Waals surface area contributed by atoms with Crippen LogP contribution in [0.5, 0.6) is 0 Å². The molecule has 0 spiro atoms. The third kappa shape index (κ3) is 1.56. The van der Waals surface area contributed by atoms with Crippen molar-refractivity contribution in [2.45, 2.75) is 37.8 Å². The van der Waals surface area contributed by atoms with E-state index in [-0.39, 0.29) is 0 Å². The zero-order chi connectivity index (χ0) is 11.1. The summed E-state index contributed by atoms with van der Waals surface area (Å²) in [6.07, 6.45) is 2.49. The number of fused-ring (bicyclic) bond motifs is 1. The molecule has 0 saturated carbocycles. The van der Waals surface area contributed by atoms with Crippen LogP contribution in [-0.2, 0) is 6.54 Å². The second kappa shape index (κ2) is 4.02. The molecule has 1 fully saturated rings. The molecule has 1 aromatic rings. The number of aliphatic hydroxyl groups is 1. The third-order valence-electron chi connectivity index (χ3n) is 3.59. The number of aliphatic hydroxyl groups excluding tert-OH is 1. The fraction of sp³-hybridized carbons (Fsp3) is 0.727. The first-order valence-electron chi connectivity index (χ1n) is 5.92. The Morgan fingerprint density at radius 3 is 3.06 bits per heavy atom. The van der Waals surface area contributed by atoms with E-state index in [1.54, 1.807) is 0 Å². The number of nitrogens with zero attached hydrogens (tertiary/aromatic N) is 2. The lowest BCUT2D eigenvalue weighted by Gasteiger charge is -2.22. The minimum atomic E-state index is -0.433. The molecule has 5 heteroatoms. The fourth-order valence-electron chi connectivity index (χ4n) is 2.77. The Balaban J connectivity index is 2.02. The lowest BCUT2D eigenvalue weighted by Crippen LogP contribution is -2.19. The Hall–Kier alpha value is -0.580. The molecule has 0 amide bonds. The Morgan fingerprint density at radius 1 is 1.44 bits per heavy atom. The van der Waals surface area contributed by atoms with Gasteiger partial charge in [-0.2, -0.15) is 0 Å². The molecule has 1 saturated heterocycles. The summed E-state index contributed by atoms with van der Waals surface area (Å²) in [5.74, 6) is 1.51. The first-order chi connectivity index (χ1) is 7.77.